The summed E-state index contributed by atoms with van der Waals surface area (Å²) in [5, 5.41) is 0. The first-order valence-corrected chi connectivity index (χ1v) is 4.57. The van der Waals surface area contributed by atoms with E-state index in [1.54, 1.807) is 19.9 Å². The van der Waals surface area contributed by atoms with Gasteiger partial charge >= 0.3 is 0 Å². The van der Waals surface area contributed by atoms with Crippen LogP contribution in [0.3, 0.4) is 0 Å². The van der Waals surface area contributed by atoms with Gasteiger partial charge in [-0.2, -0.15) is 8.78 Å². The van der Waals surface area contributed by atoms with Crippen molar-refractivity contribution in [3.63, 3.8) is 0 Å². The Bertz CT molecular complexity index is 332. The fourth-order valence-electron chi connectivity index (χ4n) is 1.34. The number of alkyl halides is 2. The predicted molar refractivity (Wildman–Crippen MR) is 53.5 cm³/mol. The Morgan fingerprint density at radius 2 is 1.86 bits per heavy atom. The summed E-state index contributed by atoms with van der Waals surface area (Å²) in [5.74, 6) is -2.95. The largest absolute Gasteiger partial charge is 0.323 e. The second-order valence-electron chi connectivity index (χ2n) is 3.73. The molecule has 0 saturated heterocycles. The van der Waals surface area contributed by atoms with Gasteiger partial charge in [0.25, 0.3) is 5.92 Å². The summed E-state index contributed by atoms with van der Waals surface area (Å²) < 4.78 is 27.2. The van der Waals surface area contributed by atoms with E-state index in [1.807, 2.05) is 6.07 Å². The molecule has 1 unspecified atom stereocenters. The van der Waals surface area contributed by atoms with Crippen molar-refractivity contribution in [3.05, 3.63) is 34.9 Å². The van der Waals surface area contributed by atoms with Crippen molar-refractivity contribution in [2.45, 2.75) is 32.7 Å². The van der Waals surface area contributed by atoms with E-state index in [-0.39, 0.29) is 5.56 Å². The SMILES string of the molecule is Cc1ccc(C)c(C(F)(F)C(C)N)c1. The summed E-state index contributed by atoms with van der Waals surface area (Å²) in [6.45, 7) is 4.78. The third-order valence-electron chi connectivity index (χ3n) is 2.32. The fraction of sp³-hybridized carbons (Fsp3) is 0.455. The van der Waals surface area contributed by atoms with Crippen molar-refractivity contribution in [1.29, 1.82) is 0 Å². The first-order valence-electron chi connectivity index (χ1n) is 4.57. The summed E-state index contributed by atoms with van der Waals surface area (Å²) in [6, 6.07) is 3.85. The van der Waals surface area contributed by atoms with Gasteiger partial charge < -0.3 is 5.73 Å². The lowest BCUT2D eigenvalue weighted by molar-refractivity contribution is -0.0262. The summed E-state index contributed by atoms with van der Waals surface area (Å²) in [6.07, 6.45) is 0. The molecule has 0 spiro atoms. The number of rotatable bonds is 2. The van der Waals surface area contributed by atoms with E-state index >= 15 is 0 Å². The molecule has 1 aromatic rings. The van der Waals surface area contributed by atoms with Gasteiger partial charge in [0.1, 0.15) is 0 Å². The van der Waals surface area contributed by atoms with Crippen molar-refractivity contribution in [3.8, 4) is 0 Å². The van der Waals surface area contributed by atoms with E-state index in [9.17, 15) is 8.78 Å². The second-order valence-corrected chi connectivity index (χ2v) is 3.73. The van der Waals surface area contributed by atoms with Crippen LogP contribution in [0.5, 0.6) is 0 Å². The van der Waals surface area contributed by atoms with Crippen LogP contribution < -0.4 is 5.73 Å². The average Bonchev–Trinajstić information content (AvgIpc) is 2.08. The van der Waals surface area contributed by atoms with Gasteiger partial charge in [0.05, 0.1) is 6.04 Å². The molecule has 14 heavy (non-hydrogen) atoms. The topological polar surface area (TPSA) is 26.0 Å². The molecule has 0 aliphatic rings. The van der Waals surface area contributed by atoms with Crippen LogP contribution in [0.4, 0.5) is 8.78 Å². The number of aryl methyl sites for hydroxylation is 2. The lowest BCUT2D eigenvalue weighted by Crippen LogP contribution is -2.36. The molecule has 78 valence electrons. The average molecular weight is 199 g/mol. The third kappa shape index (κ3) is 1.93. The van der Waals surface area contributed by atoms with Crippen LogP contribution in [-0.4, -0.2) is 6.04 Å². The Morgan fingerprint density at radius 3 is 2.36 bits per heavy atom. The Kier molecular flexibility index (Phi) is 2.90. The van der Waals surface area contributed by atoms with E-state index in [2.05, 4.69) is 0 Å². The molecule has 0 radical (unpaired) electrons. The molecule has 0 aliphatic carbocycles. The molecule has 2 N–H and O–H groups in total. The molecule has 0 bridgehead atoms. The van der Waals surface area contributed by atoms with E-state index in [1.165, 1.54) is 13.0 Å². The molecular weight excluding hydrogens is 184 g/mol. The molecule has 1 nitrogen and oxygen atoms in total. The summed E-state index contributed by atoms with van der Waals surface area (Å²) in [7, 11) is 0. The van der Waals surface area contributed by atoms with Crippen molar-refractivity contribution in [2.75, 3.05) is 0 Å². The van der Waals surface area contributed by atoms with Gasteiger partial charge in [-0.15, -0.1) is 0 Å². The van der Waals surface area contributed by atoms with E-state index in [0.717, 1.165) is 5.56 Å². The Hall–Kier alpha value is -0.960. The van der Waals surface area contributed by atoms with Crippen LogP contribution in [0.2, 0.25) is 0 Å². The Labute approximate surface area is 82.9 Å². The normalized spacial score (nSPS) is 14.1. The molecule has 1 rings (SSSR count). The van der Waals surface area contributed by atoms with Gasteiger partial charge in [-0.05, 0) is 32.4 Å². The number of halogens is 2. The van der Waals surface area contributed by atoms with Crippen LogP contribution in [0.25, 0.3) is 0 Å². The van der Waals surface area contributed by atoms with Crippen LogP contribution in [0.15, 0.2) is 18.2 Å². The second kappa shape index (κ2) is 3.65. The minimum absolute atomic E-state index is 0.0347. The number of nitrogens with two attached hydrogens (primary N) is 1. The molecule has 0 aliphatic heterocycles. The minimum atomic E-state index is -2.95. The molecule has 0 aromatic heterocycles. The summed E-state index contributed by atoms with van der Waals surface area (Å²) in [5.41, 5.74) is 6.71. The van der Waals surface area contributed by atoms with Crippen LogP contribution in [-0.2, 0) is 5.92 Å². The lowest BCUT2D eigenvalue weighted by Gasteiger charge is -2.22. The highest BCUT2D eigenvalue weighted by molar-refractivity contribution is 5.34. The van der Waals surface area contributed by atoms with Gasteiger partial charge in [-0.1, -0.05) is 17.7 Å². The van der Waals surface area contributed by atoms with Crippen molar-refractivity contribution in [1.82, 2.24) is 0 Å². The number of hydrogen-bond acceptors (Lipinski definition) is 1. The van der Waals surface area contributed by atoms with Crippen LogP contribution in [0, 0.1) is 13.8 Å². The van der Waals surface area contributed by atoms with E-state index in [0.29, 0.717) is 5.56 Å². The molecule has 0 heterocycles. The maximum absolute atomic E-state index is 13.6. The highest BCUT2D eigenvalue weighted by Gasteiger charge is 2.37. The molecule has 1 atom stereocenters. The van der Waals surface area contributed by atoms with Crippen molar-refractivity contribution >= 4 is 0 Å². The highest BCUT2D eigenvalue weighted by Crippen LogP contribution is 2.33. The summed E-state index contributed by atoms with van der Waals surface area (Å²) in [4.78, 5) is 0. The Morgan fingerprint density at radius 1 is 1.29 bits per heavy atom. The number of benzene rings is 1. The maximum atomic E-state index is 13.6. The third-order valence-corrected chi connectivity index (χ3v) is 2.32. The first-order chi connectivity index (χ1) is 6.35. The van der Waals surface area contributed by atoms with Gasteiger partial charge in [0.2, 0.25) is 0 Å². The zero-order valence-electron chi connectivity index (χ0n) is 8.64. The quantitative estimate of drug-likeness (QED) is 0.778. The first kappa shape index (κ1) is 11.1. The zero-order valence-corrected chi connectivity index (χ0v) is 8.64. The van der Waals surface area contributed by atoms with E-state index in [4.69, 9.17) is 5.73 Å². The smallest absolute Gasteiger partial charge is 0.287 e. The Balaban J connectivity index is 3.24. The van der Waals surface area contributed by atoms with Crippen LogP contribution in [0.1, 0.15) is 23.6 Å². The monoisotopic (exact) mass is 199 g/mol. The summed E-state index contributed by atoms with van der Waals surface area (Å²) >= 11 is 0. The number of hydrogen-bond donors (Lipinski definition) is 1. The zero-order chi connectivity index (χ0) is 10.9. The van der Waals surface area contributed by atoms with Gasteiger partial charge in [0, 0.05) is 5.56 Å². The molecule has 1 aromatic carbocycles. The lowest BCUT2D eigenvalue weighted by atomic mass is 9.96. The molecule has 3 heteroatoms. The van der Waals surface area contributed by atoms with Gasteiger partial charge in [-0.25, -0.2) is 0 Å². The van der Waals surface area contributed by atoms with Crippen molar-refractivity contribution in [2.24, 2.45) is 5.73 Å². The fourth-order valence-corrected chi connectivity index (χ4v) is 1.34. The molecule has 0 fully saturated rings. The standard InChI is InChI=1S/C11H15F2N/c1-7-4-5-8(2)10(6-7)11(12,13)9(3)14/h4-6,9H,14H2,1-3H3. The minimum Gasteiger partial charge on any atom is -0.323 e. The van der Waals surface area contributed by atoms with E-state index < -0.39 is 12.0 Å². The molecular formula is C11H15F2N. The van der Waals surface area contributed by atoms with Crippen LogP contribution >= 0.6 is 0 Å². The molecule has 0 saturated carbocycles. The highest BCUT2D eigenvalue weighted by atomic mass is 19.3. The van der Waals surface area contributed by atoms with Crippen molar-refractivity contribution < 1.29 is 8.78 Å². The van der Waals surface area contributed by atoms with Gasteiger partial charge in [0.15, 0.2) is 0 Å². The van der Waals surface area contributed by atoms with Gasteiger partial charge in [-0.3, -0.25) is 0 Å². The predicted octanol–water partition coefficient (Wildman–Crippen LogP) is 2.74. The molecule has 0 amide bonds. The maximum Gasteiger partial charge on any atom is 0.287 e.